The van der Waals surface area contributed by atoms with E-state index in [1.54, 1.807) is 0 Å². The Morgan fingerprint density at radius 2 is 1.83 bits per heavy atom. The molecule has 0 unspecified atom stereocenters. The number of sulfone groups is 1. The van der Waals surface area contributed by atoms with Crippen molar-refractivity contribution in [2.24, 2.45) is 0 Å². The minimum atomic E-state index is -3.38. The van der Waals surface area contributed by atoms with Gasteiger partial charge in [0, 0.05) is 12.3 Å². The van der Waals surface area contributed by atoms with Gasteiger partial charge in [-0.25, -0.2) is 8.42 Å². The number of benzene rings is 2. The zero-order valence-electron chi connectivity index (χ0n) is 17.9. The molecule has 1 amide bonds. The molecular weight excluding hydrogens is 420 g/mol. The van der Waals surface area contributed by atoms with Crippen molar-refractivity contribution in [3.63, 3.8) is 0 Å². The van der Waals surface area contributed by atoms with Crippen molar-refractivity contribution < 1.29 is 13.2 Å². The lowest BCUT2D eigenvalue weighted by Gasteiger charge is -2.25. The highest BCUT2D eigenvalue weighted by atomic mass is 35.5. The maximum Gasteiger partial charge on any atom is 0.238 e. The fourth-order valence-corrected chi connectivity index (χ4v) is 4.62. The summed E-state index contributed by atoms with van der Waals surface area (Å²) in [6.45, 7) is 7.65. The second-order valence-corrected chi connectivity index (χ2v) is 11.4. The highest BCUT2D eigenvalue weighted by molar-refractivity contribution is 7.90. The molecule has 1 N–H and O–H groups in total. The fraction of sp³-hybridized carbons (Fsp3) is 0.435. The molecule has 30 heavy (non-hydrogen) atoms. The number of carbonyl (C=O) groups is 1. The van der Waals surface area contributed by atoms with E-state index in [2.05, 4.69) is 55.3 Å². The van der Waals surface area contributed by atoms with Gasteiger partial charge in [-0.3, -0.25) is 9.69 Å². The second-order valence-electron chi connectivity index (χ2n) is 8.96. The van der Waals surface area contributed by atoms with E-state index in [0.717, 1.165) is 25.6 Å². The summed E-state index contributed by atoms with van der Waals surface area (Å²) in [5.41, 5.74) is 2.92. The number of carbonyl (C=O) groups excluding carboxylic acids is 1. The average Bonchev–Trinajstić information content (AvgIpc) is 3.10. The van der Waals surface area contributed by atoms with Crippen LogP contribution in [-0.2, 0) is 20.0 Å². The largest absolute Gasteiger partial charge is 0.324 e. The molecule has 7 heteroatoms. The number of rotatable bonds is 5. The summed E-state index contributed by atoms with van der Waals surface area (Å²) in [4.78, 5) is 15.0. The maximum atomic E-state index is 12.7. The van der Waals surface area contributed by atoms with Crippen LogP contribution < -0.4 is 5.32 Å². The standard InChI is InChI=1S/C23H29ClN2O3S/c1-23(2,3)17-9-7-16(8-10-17)21-6-5-13-26(21)15-22(27)25-20-14-18(30(4,28)29)11-12-19(20)24/h7-12,14,21H,5-6,13,15H2,1-4H3,(H,25,27)/t21-/m1/s1. The van der Waals surface area contributed by atoms with E-state index in [0.29, 0.717) is 10.7 Å². The lowest BCUT2D eigenvalue weighted by molar-refractivity contribution is -0.117. The van der Waals surface area contributed by atoms with E-state index in [1.807, 2.05) is 0 Å². The van der Waals surface area contributed by atoms with Gasteiger partial charge in [-0.05, 0) is 54.1 Å². The lowest BCUT2D eigenvalue weighted by atomic mass is 9.86. The normalized spacial score (nSPS) is 17.8. The Bertz CT molecular complexity index is 1030. The van der Waals surface area contributed by atoms with Crippen LogP contribution in [-0.4, -0.2) is 38.6 Å². The van der Waals surface area contributed by atoms with Crippen molar-refractivity contribution in [1.82, 2.24) is 4.90 Å². The Labute approximate surface area is 184 Å². The zero-order valence-corrected chi connectivity index (χ0v) is 19.5. The van der Waals surface area contributed by atoms with Crippen molar-refractivity contribution >= 4 is 33.0 Å². The highest BCUT2D eigenvalue weighted by Gasteiger charge is 2.28. The van der Waals surface area contributed by atoms with Gasteiger partial charge in [-0.15, -0.1) is 0 Å². The van der Waals surface area contributed by atoms with Crippen LogP contribution in [0.4, 0.5) is 5.69 Å². The summed E-state index contributed by atoms with van der Waals surface area (Å²) in [6, 6.07) is 13.2. The SMILES string of the molecule is CC(C)(C)c1ccc([C@H]2CCCN2CC(=O)Nc2cc(S(C)(=O)=O)ccc2Cl)cc1. The fourth-order valence-electron chi connectivity index (χ4n) is 3.80. The number of hydrogen-bond donors (Lipinski definition) is 1. The average molecular weight is 449 g/mol. The van der Waals surface area contributed by atoms with Gasteiger partial charge < -0.3 is 5.32 Å². The number of nitrogens with zero attached hydrogens (tertiary/aromatic N) is 1. The maximum absolute atomic E-state index is 12.7. The third kappa shape index (κ3) is 5.42. The molecule has 162 valence electrons. The molecule has 1 saturated heterocycles. The number of amides is 1. The molecule has 0 radical (unpaired) electrons. The van der Waals surface area contributed by atoms with Gasteiger partial charge in [0.15, 0.2) is 9.84 Å². The molecule has 1 aliphatic rings. The molecule has 2 aromatic rings. The Balaban J connectivity index is 1.71. The molecular formula is C23H29ClN2O3S. The molecule has 1 aliphatic heterocycles. The van der Waals surface area contributed by atoms with E-state index in [1.165, 1.54) is 29.3 Å². The third-order valence-corrected chi connectivity index (χ3v) is 6.95. The minimum Gasteiger partial charge on any atom is -0.324 e. The molecule has 1 heterocycles. The molecule has 5 nitrogen and oxygen atoms in total. The summed E-state index contributed by atoms with van der Waals surface area (Å²) >= 11 is 6.16. The first kappa shape index (κ1) is 22.8. The van der Waals surface area contributed by atoms with E-state index in [-0.39, 0.29) is 28.8 Å². The summed E-state index contributed by atoms with van der Waals surface area (Å²) < 4.78 is 23.6. The van der Waals surface area contributed by atoms with Crippen molar-refractivity contribution in [3.05, 3.63) is 58.6 Å². The van der Waals surface area contributed by atoms with Crippen LogP contribution in [0.25, 0.3) is 0 Å². The monoisotopic (exact) mass is 448 g/mol. The van der Waals surface area contributed by atoms with Crippen LogP contribution in [0.15, 0.2) is 47.4 Å². The number of nitrogens with one attached hydrogen (secondary N) is 1. The van der Waals surface area contributed by atoms with Gasteiger partial charge in [0.1, 0.15) is 0 Å². The van der Waals surface area contributed by atoms with E-state index in [4.69, 9.17) is 11.6 Å². The first-order chi connectivity index (χ1) is 13.9. The molecule has 1 atom stereocenters. The molecule has 0 bridgehead atoms. The van der Waals surface area contributed by atoms with Gasteiger partial charge in [-0.1, -0.05) is 56.6 Å². The van der Waals surface area contributed by atoms with Crippen LogP contribution in [0.3, 0.4) is 0 Å². The van der Waals surface area contributed by atoms with Gasteiger partial charge >= 0.3 is 0 Å². The predicted octanol–water partition coefficient (Wildman–Crippen LogP) is 4.82. The van der Waals surface area contributed by atoms with Crippen molar-refractivity contribution in [1.29, 1.82) is 0 Å². The molecule has 0 aromatic heterocycles. The summed E-state index contributed by atoms with van der Waals surface area (Å²) in [5.74, 6) is -0.208. The van der Waals surface area contributed by atoms with Gasteiger partial charge in [0.2, 0.25) is 5.91 Å². The highest BCUT2D eigenvalue weighted by Crippen LogP contribution is 2.33. The van der Waals surface area contributed by atoms with E-state index < -0.39 is 9.84 Å². The van der Waals surface area contributed by atoms with Crippen LogP contribution in [0.5, 0.6) is 0 Å². The van der Waals surface area contributed by atoms with Crippen LogP contribution in [0.1, 0.15) is 50.8 Å². The van der Waals surface area contributed by atoms with Gasteiger partial charge in [0.05, 0.1) is 22.2 Å². The molecule has 3 rings (SSSR count). The van der Waals surface area contributed by atoms with Crippen molar-refractivity contribution in [2.75, 3.05) is 24.7 Å². The Kier molecular flexibility index (Phi) is 6.60. The van der Waals surface area contributed by atoms with E-state index in [9.17, 15) is 13.2 Å². The Hall–Kier alpha value is -1.89. The smallest absolute Gasteiger partial charge is 0.238 e. The second kappa shape index (κ2) is 8.69. The van der Waals surface area contributed by atoms with Crippen molar-refractivity contribution in [3.8, 4) is 0 Å². The number of likely N-dealkylation sites (tertiary alicyclic amines) is 1. The van der Waals surface area contributed by atoms with Crippen LogP contribution in [0.2, 0.25) is 5.02 Å². The van der Waals surface area contributed by atoms with Gasteiger partial charge in [-0.2, -0.15) is 0 Å². The first-order valence-electron chi connectivity index (χ1n) is 10.1. The number of hydrogen-bond acceptors (Lipinski definition) is 4. The molecule has 1 fully saturated rings. The van der Waals surface area contributed by atoms with Crippen molar-refractivity contribution in [2.45, 2.75) is 50.0 Å². The Morgan fingerprint density at radius 3 is 2.43 bits per heavy atom. The van der Waals surface area contributed by atoms with Crippen LogP contribution >= 0.6 is 11.6 Å². The molecule has 0 spiro atoms. The number of halogens is 1. The first-order valence-corrected chi connectivity index (χ1v) is 12.4. The van der Waals surface area contributed by atoms with E-state index >= 15 is 0 Å². The lowest BCUT2D eigenvalue weighted by Crippen LogP contribution is -2.33. The number of anilines is 1. The van der Waals surface area contributed by atoms with Crippen LogP contribution in [0, 0.1) is 0 Å². The topological polar surface area (TPSA) is 66.5 Å². The summed E-state index contributed by atoms with van der Waals surface area (Å²) in [5, 5.41) is 3.09. The van der Waals surface area contributed by atoms with Gasteiger partial charge in [0.25, 0.3) is 0 Å². The molecule has 0 saturated carbocycles. The zero-order chi connectivity index (χ0) is 22.1. The minimum absolute atomic E-state index is 0.105. The summed E-state index contributed by atoms with van der Waals surface area (Å²) in [7, 11) is -3.38. The predicted molar refractivity (Wildman–Crippen MR) is 122 cm³/mol. The molecule has 2 aromatic carbocycles. The quantitative estimate of drug-likeness (QED) is 0.712. The third-order valence-electron chi connectivity index (χ3n) is 5.51. The summed E-state index contributed by atoms with van der Waals surface area (Å²) in [6.07, 6.45) is 3.16. The Morgan fingerprint density at radius 1 is 1.17 bits per heavy atom. The molecule has 0 aliphatic carbocycles.